The standard InChI is InChI=1S/C9H6BrF3N2O/c10-6(8(16)9(11,12)13)5-15-7-3-1-2-4-14-7/h1-5H,(H,14,15). The summed E-state index contributed by atoms with van der Waals surface area (Å²) in [7, 11) is 0. The number of carbonyl (C=O) groups excluding carboxylic acids is 1. The molecule has 16 heavy (non-hydrogen) atoms. The fourth-order valence-corrected chi connectivity index (χ4v) is 1.13. The van der Waals surface area contributed by atoms with Gasteiger partial charge >= 0.3 is 6.18 Å². The molecule has 0 fully saturated rings. The number of nitrogens with one attached hydrogen (secondary N) is 1. The summed E-state index contributed by atoms with van der Waals surface area (Å²) in [5, 5.41) is 2.46. The van der Waals surface area contributed by atoms with E-state index in [1.54, 1.807) is 18.2 Å². The van der Waals surface area contributed by atoms with E-state index in [1.165, 1.54) is 6.20 Å². The van der Waals surface area contributed by atoms with Crippen LogP contribution in [0.5, 0.6) is 0 Å². The number of halogens is 4. The van der Waals surface area contributed by atoms with Gasteiger partial charge in [0.05, 0.1) is 4.48 Å². The fourth-order valence-electron chi connectivity index (χ4n) is 0.786. The van der Waals surface area contributed by atoms with Crippen molar-refractivity contribution in [2.75, 3.05) is 5.32 Å². The van der Waals surface area contributed by atoms with Crippen LogP contribution in [0, 0.1) is 0 Å². The van der Waals surface area contributed by atoms with Crippen LogP contribution in [0.25, 0.3) is 0 Å². The second-order valence-electron chi connectivity index (χ2n) is 2.68. The van der Waals surface area contributed by atoms with Gasteiger partial charge in [-0.05, 0) is 28.1 Å². The van der Waals surface area contributed by atoms with Gasteiger partial charge in [-0.25, -0.2) is 4.98 Å². The van der Waals surface area contributed by atoms with E-state index in [9.17, 15) is 18.0 Å². The van der Waals surface area contributed by atoms with E-state index in [4.69, 9.17) is 0 Å². The van der Waals surface area contributed by atoms with Gasteiger partial charge in [0.1, 0.15) is 5.82 Å². The molecular weight excluding hydrogens is 289 g/mol. The van der Waals surface area contributed by atoms with Gasteiger partial charge in [-0.15, -0.1) is 0 Å². The zero-order valence-corrected chi connectivity index (χ0v) is 9.34. The molecule has 0 aliphatic carbocycles. The number of alkyl halides is 3. The van der Waals surface area contributed by atoms with Gasteiger partial charge in [0, 0.05) is 12.4 Å². The Balaban J connectivity index is 2.69. The van der Waals surface area contributed by atoms with E-state index in [2.05, 4.69) is 26.2 Å². The van der Waals surface area contributed by atoms with Gasteiger partial charge in [0.15, 0.2) is 0 Å². The van der Waals surface area contributed by atoms with E-state index >= 15 is 0 Å². The van der Waals surface area contributed by atoms with Gasteiger partial charge in [-0.2, -0.15) is 13.2 Å². The Morgan fingerprint density at radius 3 is 2.62 bits per heavy atom. The molecule has 1 aromatic rings. The molecule has 3 nitrogen and oxygen atoms in total. The second-order valence-corrected chi connectivity index (χ2v) is 3.53. The number of hydrogen-bond acceptors (Lipinski definition) is 3. The molecule has 0 bridgehead atoms. The van der Waals surface area contributed by atoms with Crippen molar-refractivity contribution in [2.24, 2.45) is 0 Å². The first kappa shape index (κ1) is 12.7. The topological polar surface area (TPSA) is 42.0 Å². The molecule has 0 radical (unpaired) electrons. The van der Waals surface area contributed by atoms with Gasteiger partial charge in [0.25, 0.3) is 5.78 Å². The normalized spacial score (nSPS) is 12.4. The lowest BCUT2D eigenvalue weighted by Gasteiger charge is -2.04. The lowest BCUT2D eigenvalue weighted by atomic mass is 10.4. The average Bonchev–Trinajstić information content (AvgIpc) is 2.25. The summed E-state index contributed by atoms with van der Waals surface area (Å²) < 4.78 is 35.3. The Morgan fingerprint density at radius 2 is 2.12 bits per heavy atom. The highest BCUT2D eigenvalue weighted by Gasteiger charge is 2.39. The average molecular weight is 295 g/mol. The molecule has 0 unspecified atom stereocenters. The summed E-state index contributed by atoms with van der Waals surface area (Å²) in [5.74, 6) is -1.61. The minimum absolute atomic E-state index is 0.342. The summed E-state index contributed by atoms with van der Waals surface area (Å²) in [5.41, 5.74) is 0. The van der Waals surface area contributed by atoms with E-state index < -0.39 is 16.4 Å². The molecule has 1 N–H and O–H groups in total. The number of aromatic nitrogens is 1. The maximum Gasteiger partial charge on any atom is 0.455 e. The van der Waals surface area contributed by atoms with Crippen molar-refractivity contribution in [1.82, 2.24) is 4.98 Å². The molecule has 86 valence electrons. The quantitative estimate of drug-likeness (QED) is 0.872. The molecule has 1 rings (SSSR count). The molecule has 0 aliphatic heterocycles. The van der Waals surface area contributed by atoms with Gasteiger partial charge in [0.2, 0.25) is 0 Å². The molecule has 0 amide bonds. The van der Waals surface area contributed by atoms with Crippen LogP contribution in [0.1, 0.15) is 0 Å². The van der Waals surface area contributed by atoms with Gasteiger partial charge < -0.3 is 5.32 Å². The van der Waals surface area contributed by atoms with Crippen molar-refractivity contribution in [3.8, 4) is 0 Å². The molecule has 0 spiro atoms. The molecule has 0 saturated carbocycles. The summed E-state index contributed by atoms with van der Waals surface area (Å²) in [6.45, 7) is 0. The van der Waals surface area contributed by atoms with Crippen LogP contribution >= 0.6 is 15.9 Å². The number of ketones is 1. The van der Waals surface area contributed by atoms with Crippen molar-refractivity contribution in [3.63, 3.8) is 0 Å². The smallest absolute Gasteiger partial charge is 0.345 e. The molecule has 1 heterocycles. The number of Topliss-reactive ketones (excluding diaryl/α,β-unsaturated/α-hetero) is 1. The van der Waals surface area contributed by atoms with Crippen molar-refractivity contribution in [3.05, 3.63) is 35.1 Å². The third-order valence-corrected chi connectivity index (χ3v) is 2.08. The first-order chi connectivity index (χ1) is 7.41. The zero-order chi connectivity index (χ0) is 12.2. The van der Waals surface area contributed by atoms with E-state index in [0.29, 0.717) is 5.82 Å². The van der Waals surface area contributed by atoms with Crippen molar-refractivity contribution in [1.29, 1.82) is 0 Å². The molecule has 0 atom stereocenters. The molecule has 0 aliphatic rings. The minimum atomic E-state index is -4.89. The minimum Gasteiger partial charge on any atom is -0.345 e. The van der Waals surface area contributed by atoms with Gasteiger partial charge in [-0.1, -0.05) is 6.07 Å². The second kappa shape index (κ2) is 5.11. The maximum atomic E-state index is 12.0. The zero-order valence-electron chi connectivity index (χ0n) is 7.75. The Bertz CT molecular complexity index is 403. The predicted molar refractivity (Wildman–Crippen MR) is 55.9 cm³/mol. The third-order valence-electron chi connectivity index (χ3n) is 1.49. The molecule has 1 aromatic heterocycles. The van der Waals surface area contributed by atoms with Crippen LogP contribution in [0.3, 0.4) is 0 Å². The number of pyridine rings is 1. The fraction of sp³-hybridized carbons (Fsp3) is 0.111. The highest BCUT2D eigenvalue weighted by molar-refractivity contribution is 9.12. The summed E-state index contributed by atoms with van der Waals surface area (Å²) in [6.07, 6.45) is -2.52. The van der Waals surface area contributed by atoms with Crippen LogP contribution in [-0.2, 0) is 4.79 Å². The first-order valence-corrected chi connectivity index (χ1v) is 4.85. The van der Waals surface area contributed by atoms with Crippen molar-refractivity contribution < 1.29 is 18.0 Å². The lowest BCUT2D eigenvalue weighted by Crippen LogP contribution is -2.22. The molecular formula is C9H6BrF3N2O. The first-order valence-electron chi connectivity index (χ1n) is 4.06. The molecule has 0 aromatic carbocycles. The Labute approximate surface area is 97.5 Å². The highest BCUT2D eigenvalue weighted by atomic mass is 79.9. The number of hydrogen-bond donors (Lipinski definition) is 1. The van der Waals surface area contributed by atoms with Crippen LogP contribution in [0.2, 0.25) is 0 Å². The van der Waals surface area contributed by atoms with Crippen LogP contribution in [0.4, 0.5) is 19.0 Å². The third kappa shape index (κ3) is 3.65. The number of anilines is 1. The molecule has 0 saturated heterocycles. The number of rotatable bonds is 3. The van der Waals surface area contributed by atoms with Gasteiger partial charge in [-0.3, -0.25) is 4.79 Å². The summed E-state index contributed by atoms with van der Waals surface area (Å²) in [4.78, 5) is 14.5. The van der Waals surface area contributed by atoms with Crippen molar-refractivity contribution >= 4 is 27.5 Å². The van der Waals surface area contributed by atoms with Crippen LogP contribution < -0.4 is 5.32 Å². The van der Waals surface area contributed by atoms with Crippen LogP contribution in [0.15, 0.2) is 35.1 Å². The van der Waals surface area contributed by atoms with E-state index in [1.807, 2.05) is 0 Å². The SMILES string of the molecule is O=C(C(Br)=CNc1ccccn1)C(F)(F)F. The molecule has 7 heteroatoms. The lowest BCUT2D eigenvalue weighted by molar-refractivity contribution is -0.165. The maximum absolute atomic E-state index is 12.0. The summed E-state index contributed by atoms with van der Waals surface area (Å²) >= 11 is 2.54. The number of allylic oxidation sites excluding steroid dienone is 1. The highest BCUT2D eigenvalue weighted by Crippen LogP contribution is 2.23. The predicted octanol–water partition coefficient (Wildman–Crippen LogP) is 2.86. The van der Waals surface area contributed by atoms with Crippen LogP contribution in [-0.4, -0.2) is 16.9 Å². The summed E-state index contributed by atoms with van der Waals surface area (Å²) in [6, 6.07) is 4.86. The Morgan fingerprint density at radius 1 is 1.44 bits per heavy atom. The monoisotopic (exact) mass is 294 g/mol. The van der Waals surface area contributed by atoms with E-state index in [0.717, 1.165) is 6.20 Å². The number of nitrogens with zero attached hydrogens (tertiary/aromatic N) is 1. The Hall–Kier alpha value is -1.37. The largest absolute Gasteiger partial charge is 0.455 e. The van der Waals surface area contributed by atoms with Crippen molar-refractivity contribution in [2.45, 2.75) is 6.18 Å². The Kier molecular flexibility index (Phi) is 4.05. The van der Waals surface area contributed by atoms with E-state index in [-0.39, 0.29) is 0 Å². The number of carbonyl (C=O) groups is 1.